The molecule has 0 amide bonds. The highest BCUT2D eigenvalue weighted by atomic mass is 32.2. The molecule has 1 fully saturated rings. The molecule has 0 bridgehead atoms. The lowest BCUT2D eigenvalue weighted by Crippen LogP contribution is -2.30. The van der Waals surface area contributed by atoms with Gasteiger partial charge in [-0.05, 0) is 29.9 Å². The third kappa shape index (κ3) is 3.54. The predicted octanol–water partition coefficient (Wildman–Crippen LogP) is 1.32. The number of sulfonamides is 1. The summed E-state index contributed by atoms with van der Waals surface area (Å²) in [6.07, 6.45) is 2.31. The second-order valence-electron chi connectivity index (χ2n) is 5.00. The molecule has 1 aliphatic carbocycles. The van der Waals surface area contributed by atoms with Crippen LogP contribution in [0.5, 0.6) is 0 Å². The highest BCUT2D eigenvalue weighted by Gasteiger charge is 2.28. The van der Waals surface area contributed by atoms with Crippen LogP contribution in [0.15, 0.2) is 24.3 Å². The molecule has 0 heterocycles. The van der Waals surface area contributed by atoms with E-state index in [0.717, 1.165) is 24.0 Å². The fraction of sp³-hybridized carbons (Fsp3) is 0.538. The summed E-state index contributed by atoms with van der Waals surface area (Å²) in [7, 11) is -1.53. The first kappa shape index (κ1) is 13.5. The molecule has 4 nitrogen and oxygen atoms in total. The Kier molecular flexibility index (Phi) is 4.04. The van der Waals surface area contributed by atoms with Gasteiger partial charge in [0.1, 0.15) is 0 Å². The average Bonchev–Trinajstić information content (AvgIpc) is 3.12. The van der Waals surface area contributed by atoms with Crippen molar-refractivity contribution in [3.05, 3.63) is 35.4 Å². The van der Waals surface area contributed by atoms with Crippen LogP contribution in [0.2, 0.25) is 0 Å². The molecule has 1 aromatic rings. The van der Waals surface area contributed by atoms with Crippen LogP contribution in [0, 0.1) is 5.92 Å². The quantitative estimate of drug-likeness (QED) is 0.846. The van der Waals surface area contributed by atoms with E-state index in [-0.39, 0.29) is 5.75 Å². The van der Waals surface area contributed by atoms with Gasteiger partial charge in [-0.15, -0.1) is 0 Å². The molecule has 1 saturated carbocycles. The molecule has 2 rings (SSSR count). The third-order valence-corrected chi connectivity index (χ3v) is 5.06. The van der Waals surface area contributed by atoms with Crippen molar-refractivity contribution in [3.63, 3.8) is 0 Å². The summed E-state index contributed by atoms with van der Waals surface area (Å²) in [5.41, 5.74) is 7.33. The van der Waals surface area contributed by atoms with Crippen LogP contribution < -0.4 is 5.73 Å². The van der Waals surface area contributed by atoms with Crippen molar-refractivity contribution in [3.8, 4) is 0 Å². The Morgan fingerprint density at radius 3 is 2.61 bits per heavy atom. The summed E-state index contributed by atoms with van der Waals surface area (Å²) < 4.78 is 25.8. The maximum absolute atomic E-state index is 12.2. The summed E-state index contributed by atoms with van der Waals surface area (Å²) in [6, 6.07) is 7.46. The fourth-order valence-electron chi connectivity index (χ4n) is 1.94. The summed E-state index contributed by atoms with van der Waals surface area (Å²) in [5.74, 6) is 0.629. The first-order valence-electron chi connectivity index (χ1n) is 6.23. The van der Waals surface area contributed by atoms with Gasteiger partial charge < -0.3 is 5.73 Å². The Hall–Kier alpha value is -0.910. The van der Waals surface area contributed by atoms with Crippen LogP contribution in [0.3, 0.4) is 0 Å². The SMILES string of the molecule is CN(CC1CC1)S(=O)(=O)Cc1cccc(CN)c1. The van der Waals surface area contributed by atoms with Crippen LogP contribution in [0.1, 0.15) is 24.0 Å². The molecular formula is C13H20N2O2S. The maximum Gasteiger partial charge on any atom is 0.218 e. The van der Waals surface area contributed by atoms with Crippen molar-refractivity contribution < 1.29 is 8.42 Å². The van der Waals surface area contributed by atoms with Crippen molar-refractivity contribution >= 4 is 10.0 Å². The first-order valence-corrected chi connectivity index (χ1v) is 7.84. The molecule has 0 spiro atoms. The van der Waals surface area contributed by atoms with E-state index in [9.17, 15) is 8.42 Å². The Morgan fingerprint density at radius 2 is 2.00 bits per heavy atom. The number of nitrogens with two attached hydrogens (primary N) is 1. The second kappa shape index (κ2) is 5.38. The van der Waals surface area contributed by atoms with Gasteiger partial charge in [-0.3, -0.25) is 0 Å². The molecule has 0 radical (unpaired) electrons. The van der Waals surface area contributed by atoms with Crippen molar-refractivity contribution in [2.45, 2.75) is 25.1 Å². The van der Waals surface area contributed by atoms with Gasteiger partial charge in [-0.1, -0.05) is 24.3 Å². The van der Waals surface area contributed by atoms with Gasteiger partial charge in [-0.2, -0.15) is 0 Å². The van der Waals surface area contributed by atoms with Crippen LogP contribution in [-0.2, 0) is 22.3 Å². The van der Waals surface area contributed by atoms with E-state index in [1.807, 2.05) is 24.3 Å². The molecule has 0 unspecified atom stereocenters. The number of nitrogens with zero attached hydrogens (tertiary/aromatic N) is 1. The van der Waals surface area contributed by atoms with Crippen molar-refractivity contribution in [2.75, 3.05) is 13.6 Å². The van der Waals surface area contributed by atoms with E-state index in [0.29, 0.717) is 19.0 Å². The third-order valence-electron chi connectivity index (χ3n) is 3.26. The topological polar surface area (TPSA) is 63.4 Å². The minimum Gasteiger partial charge on any atom is -0.326 e. The monoisotopic (exact) mass is 268 g/mol. The second-order valence-corrected chi connectivity index (χ2v) is 7.08. The number of hydrogen-bond acceptors (Lipinski definition) is 3. The van der Waals surface area contributed by atoms with E-state index in [1.165, 1.54) is 4.31 Å². The van der Waals surface area contributed by atoms with Crippen molar-refractivity contribution in [2.24, 2.45) is 11.7 Å². The van der Waals surface area contributed by atoms with E-state index >= 15 is 0 Å². The van der Waals surface area contributed by atoms with E-state index in [1.54, 1.807) is 7.05 Å². The van der Waals surface area contributed by atoms with Crippen LogP contribution in [0.4, 0.5) is 0 Å². The zero-order chi connectivity index (χ0) is 13.2. The Balaban J connectivity index is 2.05. The summed E-state index contributed by atoms with van der Waals surface area (Å²) in [6.45, 7) is 1.09. The van der Waals surface area contributed by atoms with Gasteiger partial charge in [0.25, 0.3) is 0 Å². The standard InChI is InChI=1S/C13H20N2O2S/c1-15(9-11-5-6-11)18(16,17)10-13-4-2-3-12(7-13)8-14/h2-4,7,11H,5-6,8-10,14H2,1H3. The molecular weight excluding hydrogens is 248 g/mol. The largest absolute Gasteiger partial charge is 0.326 e. The summed E-state index contributed by atoms with van der Waals surface area (Å²) in [4.78, 5) is 0. The van der Waals surface area contributed by atoms with Gasteiger partial charge in [-0.25, -0.2) is 12.7 Å². The molecule has 18 heavy (non-hydrogen) atoms. The molecule has 1 aromatic carbocycles. The molecule has 5 heteroatoms. The van der Waals surface area contributed by atoms with Crippen molar-refractivity contribution in [1.29, 1.82) is 0 Å². The number of benzene rings is 1. The van der Waals surface area contributed by atoms with Gasteiger partial charge in [0.05, 0.1) is 5.75 Å². The minimum absolute atomic E-state index is 0.0596. The Morgan fingerprint density at radius 1 is 1.33 bits per heavy atom. The normalized spacial score (nSPS) is 16.2. The van der Waals surface area contributed by atoms with Crippen LogP contribution in [-0.4, -0.2) is 26.3 Å². The predicted molar refractivity (Wildman–Crippen MR) is 72.3 cm³/mol. The first-order chi connectivity index (χ1) is 8.51. The summed E-state index contributed by atoms with van der Waals surface area (Å²) >= 11 is 0. The molecule has 0 atom stereocenters. The molecule has 0 saturated heterocycles. The minimum atomic E-state index is -3.20. The maximum atomic E-state index is 12.2. The van der Waals surface area contributed by atoms with Gasteiger partial charge >= 0.3 is 0 Å². The van der Waals surface area contributed by atoms with Gasteiger partial charge in [0, 0.05) is 20.1 Å². The Bertz CT molecular complexity index is 509. The molecule has 2 N–H and O–H groups in total. The highest BCUT2D eigenvalue weighted by molar-refractivity contribution is 7.88. The highest BCUT2D eigenvalue weighted by Crippen LogP contribution is 2.30. The van der Waals surface area contributed by atoms with E-state index in [4.69, 9.17) is 5.73 Å². The lowest BCUT2D eigenvalue weighted by molar-refractivity contribution is 0.452. The van der Waals surface area contributed by atoms with Crippen LogP contribution in [0.25, 0.3) is 0 Å². The molecule has 1 aliphatic rings. The van der Waals surface area contributed by atoms with E-state index in [2.05, 4.69) is 0 Å². The molecule has 0 aromatic heterocycles. The fourth-order valence-corrected chi connectivity index (χ4v) is 3.20. The lowest BCUT2D eigenvalue weighted by atomic mass is 10.1. The molecule has 0 aliphatic heterocycles. The van der Waals surface area contributed by atoms with Crippen LogP contribution >= 0.6 is 0 Å². The number of rotatable bonds is 6. The van der Waals surface area contributed by atoms with Crippen molar-refractivity contribution in [1.82, 2.24) is 4.31 Å². The summed E-state index contributed by atoms with van der Waals surface area (Å²) in [5, 5.41) is 0. The molecule has 100 valence electrons. The Labute approximate surface area is 109 Å². The lowest BCUT2D eigenvalue weighted by Gasteiger charge is -2.17. The van der Waals surface area contributed by atoms with Gasteiger partial charge in [0.2, 0.25) is 10.0 Å². The average molecular weight is 268 g/mol. The van der Waals surface area contributed by atoms with Gasteiger partial charge in [0.15, 0.2) is 0 Å². The zero-order valence-corrected chi connectivity index (χ0v) is 11.5. The van der Waals surface area contributed by atoms with E-state index < -0.39 is 10.0 Å². The zero-order valence-electron chi connectivity index (χ0n) is 10.7. The smallest absolute Gasteiger partial charge is 0.218 e. The number of hydrogen-bond donors (Lipinski definition) is 1.